The molecule has 0 saturated carbocycles. The van der Waals surface area contributed by atoms with Crippen molar-refractivity contribution in [2.24, 2.45) is 7.05 Å². The van der Waals surface area contributed by atoms with Gasteiger partial charge in [-0.05, 0) is 42.8 Å². The Bertz CT molecular complexity index is 817. The maximum atomic E-state index is 13.0. The summed E-state index contributed by atoms with van der Waals surface area (Å²) in [6.45, 7) is 2.08. The van der Waals surface area contributed by atoms with Crippen molar-refractivity contribution >= 4 is 23.4 Å². The molecule has 0 aliphatic heterocycles. The Kier molecular flexibility index (Phi) is 4.68. The molecule has 2 aromatic carbocycles. The summed E-state index contributed by atoms with van der Waals surface area (Å²) in [5.41, 5.74) is 1.89. The summed E-state index contributed by atoms with van der Waals surface area (Å²) in [4.78, 5) is 0. The zero-order valence-electron chi connectivity index (χ0n) is 12.7. The van der Waals surface area contributed by atoms with E-state index in [1.165, 1.54) is 12.1 Å². The van der Waals surface area contributed by atoms with Crippen molar-refractivity contribution in [2.45, 2.75) is 17.3 Å². The first kappa shape index (κ1) is 16.0. The number of thioether (sulfide) groups is 1. The van der Waals surface area contributed by atoms with Crippen molar-refractivity contribution < 1.29 is 4.39 Å². The molecule has 3 aromatic rings. The van der Waals surface area contributed by atoms with E-state index in [4.69, 9.17) is 11.6 Å². The van der Waals surface area contributed by atoms with Crippen molar-refractivity contribution in [1.29, 1.82) is 0 Å². The number of benzene rings is 2. The van der Waals surface area contributed by atoms with Crippen LogP contribution in [-0.4, -0.2) is 14.8 Å². The Balaban J connectivity index is 1.85. The third-order valence-electron chi connectivity index (χ3n) is 3.56. The number of hydrogen-bond donors (Lipinski definition) is 0. The summed E-state index contributed by atoms with van der Waals surface area (Å²) in [5.74, 6) is 0.441. The summed E-state index contributed by atoms with van der Waals surface area (Å²) in [6.07, 6.45) is 0. The van der Waals surface area contributed by atoms with Crippen LogP contribution in [0.15, 0.2) is 53.7 Å². The zero-order chi connectivity index (χ0) is 16.4. The molecule has 1 aromatic heterocycles. The maximum absolute atomic E-state index is 13.0. The van der Waals surface area contributed by atoms with Crippen LogP contribution in [0.3, 0.4) is 0 Å². The molecule has 1 heterocycles. The second-order valence-electron chi connectivity index (χ2n) is 5.15. The van der Waals surface area contributed by atoms with Crippen LogP contribution in [-0.2, 0) is 7.05 Å². The van der Waals surface area contributed by atoms with Gasteiger partial charge < -0.3 is 4.57 Å². The first-order valence-electron chi connectivity index (χ1n) is 7.12. The van der Waals surface area contributed by atoms with E-state index in [0.717, 1.165) is 21.3 Å². The average Bonchev–Trinajstić information content (AvgIpc) is 2.89. The number of nitrogens with zero attached hydrogens (tertiary/aromatic N) is 3. The van der Waals surface area contributed by atoms with E-state index in [1.807, 2.05) is 35.9 Å². The van der Waals surface area contributed by atoms with Gasteiger partial charge in [0.15, 0.2) is 11.0 Å². The Morgan fingerprint density at radius 3 is 2.48 bits per heavy atom. The fraction of sp³-hybridized carbons (Fsp3) is 0.176. The van der Waals surface area contributed by atoms with Crippen LogP contribution in [0.1, 0.15) is 17.7 Å². The van der Waals surface area contributed by atoms with Crippen molar-refractivity contribution in [3.8, 4) is 11.4 Å². The highest BCUT2D eigenvalue weighted by atomic mass is 35.5. The molecule has 6 heteroatoms. The van der Waals surface area contributed by atoms with Crippen LogP contribution >= 0.6 is 23.4 Å². The first-order valence-corrected chi connectivity index (χ1v) is 8.38. The minimum absolute atomic E-state index is 0.146. The van der Waals surface area contributed by atoms with Crippen molar-refractivity contribution in [3.63, 3.8) is 0 Å². The zero-order valence-corrected chi connectivity index (χ0v) is 14.3. The van der Waals surface area contributed by atoms with E-state index < -0.39 is 0 Å². The van der Waals surface area contributed by atoms with Crippen LogP contribution in [0.25, 0.3) is 11.4 Å². The summed E-state index contributed by atoms with van der Waals surface area (Å²) in [6, 6.07) is 14.0. The Morgan fingerprint density at radius 2 is 1.78 bits per heavy atom. The van der Waals surface area contributed by atoms with Gasteiger partial charge in [-0.2, -0.15) is 0 Å². The van der Waals surface area contributed by atoms with Crippen molar-refractivity contribution in [1.82, 2.24) is 14.8 Å². The van der Waals surface area contributed by atoms with E-state index in [2.05, 4.69) is 17.1 Å². The molecule has 0 unspecified atom stereocenters. The predicted octanol–water partition coefficient (Wildman–Crippen LogP) is 5.13. The topological polar surface area (TPSA) is 30.7 Å². The molecular weight excluding hydrogens is 333 g/mol. The minimum atomic E-state index is -0.266. The quantitative estimate of drug-likeness (QED) is 0.613. The third-order valence-corrected chi connectivity index (χ3v) is 5.08. The normalized spacial score (nSPS) is 12.3. The van der Waals surface area contributed by atoms with Gasteiger partial charge in [-0.25, -0.2) is 4.39 Å². The summed E-state index contributed by atoms with van der Waals surface area (Å²) in [5, 5.41) is 10.1. The standard InChI is InChI=1S/C17H15ClFN3S/c1-11(14-5-3-4-6-15(14)18)23-17-21-20-16(22(17)2)12-7-9-13(19)10-8-12/h3-11H,1-2H3/t11-/m0/s1. The highest BCUT2D eigenvalue weighted by Gasteiger charge is 2.16. The SMILES string of the molecule is C[C@H](Sc1nnc(-c2ccc(F)cc2)n1C)c1ccccc1Cl. The fourth-order valence-corrected chi connectivity index (χ4v) is 3.64. The Hall–Kier alpha value is -1.85. The number of rotatable bonds is 4. The molecule has 118 valence electrons. The Morgan fingerprint density at radius 1 is 1.09 bits per heavy atom. The van der Waals surface area contributed by atoms with Crippen molar-refractivity contribution in [3.05, 3.63) is 64.9 Å². The van der Waals surface area contributed by atoms with E-state index >= 15 is 0 Å². The van der Waals surface area contributed by atoms with Gasteiger partial charge >= 0.3 is 0 Å². The summed E-state index contributed by atoms with van der Waals surface area (Å²) < 4.78 is 15.0. The molecular formula is C17H15ClFN3S. The van der Waals surface area contributed by atoms with E-state index in [1.54, 1.807) is 23.9 Å². The van der Waals surface area contributed by atoms with Crippen LogP contribution in [0.4, 0.5) is 4.39 Å². The van der Waals surface area contributed by atoms with Gasteiger partial charge in [0.2, 0.25) is 0 Å². The molecule has 0 saturated heterocycles. The second kappa shape index (κ2) is 6.72. The molecule has 0 spiro atoms. The number of halogens is 2. The molecule has 0 N–H and O–H groups in total. The molecule has 0 aliphatic rings. The molecule has 3 rings (SSSR count). The van der Waals surface area contributed by atoms with E-state index in [-0.39, 0.29) is 11.1 Å². The molecule has 0 aliphatic carbocycles. The van der Waals surface area contributed by atoms with Gasteiger partial charge in [0, 0.05) is 22.9 Å². The minimum Gasteiger partial charge on any atom is -0.305 e. The van der Waals surface area contributed by atoms with Crippen LogP contribution in [0.5, 0.6) is 0 Å². The van der Waals surface area contributed by atoms with Crippen molar-refractivity contribution in [2.75, 3.05) is 0 Å². The molecule has 0 amide bonds. The van der Waals surface area contributed by atoms with Crippen LogP contribution in [0.2, 0.25) is 5.02 Å². The molecule has 0 bridgehead atoms. The Labute approximate surface area is 143 Å². The third kappa shape index (κ3) is 3.41. The van der Waals surface area contributed by atoms with E-state index in [9.17, 15) is 4.39 Å². The lowest BCUT2D eigenvalue weighted by molar-refractivity contribution is 0.628. The molecule has 0 radical (unpaired) electrons. The highest BCUT2D eigenvalue weighted by molar-refractivity contribution is 7.99. The van der Waals surface area contributed by atoms with Gasteiger partial charge in [-0.3, -0.25) is 0 Å². The number of aromatic nitrogens is 3. The monoisotopic (exact) mass is 347 g/mol. The van der Waals surface area contributed by atoms with Gasteiger partial charge in [-0.1, -0.05) is 41.6 Å². The predicted molar refractivity (Wildman–Crippen MR) is 92.1 cm³/mol. The highest BCUT2D eigenvalue weighted by Crippen LogP contribution is 2.37. The summed E-state index contributed by atoms with van der Waals surface area (Å²) in [7, 11) is 1.90. The van der Waals surface area contributed by atoms with Crippen LogP contribution in [0, 0.1) is 5.82 Å². The molecule has 0 fully saturated rings. The van der Waals surface area contributed by atoms with Gasteiger partial charge in [0.25, 0.3) is 0 Å². The number of hydrogen-bond acceptors (Lipinski definition) is 3. The molecule has 3 nitrogen and oxygen atoms in total. The van der Waals surface area contributed by atoms with Gasteiger partial charge in [0.05, 0.1) is 0 Å². The van der Waals surface area contributed by atoms with Gasteiger partial charge in [0.1, 0.15) is 5.82 Å². The fourth-order valence-electron chi connectivity index (χ4n) is 2.29. The smallest absolute Gasteiger partial charge is 0.191 e. The second-order valence-corrected chi connectivity index (χ2v) is 6.87. The van der Waals surface area contributed by atoms with Gasteiger partial charge in [-0.15, -0.1) is 10.2 Å². The lowest BCUT2D eigenvalue weighted by atomic mass is 10.2. The molecule has 23 heavy (non-hydrogen) atoms. The maximum Gasteiger partial charge on any atom is 0.191 e. The molecule has 1 atom stereocenters. The largest absolute Gasteiger partial charge is 0.305 e. The first-order chi connectivity index (χ1) is 11.1. The lowest BCUT2D eigenvalue weighted by Crippen LogP contribution is -1.97. The van der Waals surface area contributed by atoms with E-state index in [0.29, 0.717) is 5.82 Å². The lowest BCUT2D eigenvalue weighted by Gasteiger charge is -2.12. The summed E-state index contributed by atoms with van der Waals surface area (Å²) >= 11 is 7.84. The average molecular weight is 348 g/mol. The van der Waals surface area contributed by atoms with Crippen LogP contribution < -0.4 is 0 Å².